The minimum atomic E-state index is 0.787. The van der Waals surface area contributed by atoms with Crippen molar-refractivity contribution >= 4 is 34.5 Å². The van der Waals surface area contributed by atoms with Crippen LogP contribution in [-0.2, 0) is 0 Å². The lowest BCUT2D eigenvalue weighted by molar-refractivity contribution is 1.11. The lowest BCUT2D eigenvalue weighted by atomic mass is 10.2. The highest BCUT2D eigenvalue weighted by Gasteiger charge is 2.20. The van der Waals surface area contributed by atoms with Crippen molar-refractivity contribution in [2.24, 2.45) is 0 Å². The third kappa shape index (κ3) is 1.61. The Kier molecular flexibility index (Phi) is 2.19. The lowest BCUT2D eigenvalue weighted by Crippen LogP contribution is -2.15. The Morgan fingerprint density at radius 1 is 0.882 bits per heavy atom. The summed E-state index contributed by atoms with van der Waals surface area (Å²) in [5.41, 5.74) is 15.5. The summed E-state index contributed by atoms with van der Waals surface area (Å²) in [7, 11) is 2.05. The number of fused-ring (bicyclic) bond motifs is 2. The van der Waals surface area contributed by atoms with E-state index in [9.17, 15) is 0 Å². The van der Waals surface area contributed by atoms with E-state index >= 15 is 0 Å². The molecule has 0 fully saturated rings. The maximum Gasteiger partial charge on any atom is 0.0570 e. The first-order valence-corrected chi connectivity index (χ1v) is 6.17. The van der Waals surface area contributed by atoms with Crippen molar-refractivity contribution in [3.8, 4) is 0 Å². The van der Waals surface area contributed by atoms with Crippen molar-refractivity contribution < 1.29 is 0 Å². The second kappa shape index (κ2) is 3.60. The van der Waals surface area contributed by atoms with Crippen molar-refractivity contribution in [2.75, 3.05) is 23.4 Å². The number of nitrogens with two attached hydrogens (primary N) is 2. The fraction of sp³-hybridized carbons (Fsp3) is 0.0769. The van der Waals surface area contributed by atoms with E-state index < -0.39 is 0 Å². The summed E-state index contributed by atoms with van der Waals surface area (Å²) < 4.78 is 0. The van der Waals surface area contributed by atoms with Gasteiger partial charge in [-0.15, -0.1) is 0 Å². The topological polar surface area (TPSA) is 55.3 Å². The molecule has 0 unspecified atom stereocenters. The normalized spacial score (nSPS) is 13.1. The molecule has 1 aliphatic rings. The highest BCUT2D eigenvalue weighted by Crippen LogP contribution is 2.48. The maximum absolute atomic E-state index is 5.83. The van der Waals surface area contributed by atoms with Gasteiger partial charge in [-0.25, -0.2) is 0 Å². The van der Waals surface area contributed by atoms with Gasteiger partial charge in [0.25, 0.3) is 0 Å². The van der Waals surface area contributed by atoms with Crippen LogP contribution in [0, 0.1) is 0 Å². The van der Waals surface area contributed by atoms with E-state index in [0.717, 1.165) is 17.1 Å². The Bertz CT molecular complexity index is 595. The number of benzene rings is 2. The van der Waals surface area contributed by atoms with Gasteiger partial charge < -0.3 is 16.4 Å². The molecule has 86 valence electrons. The number of hydrogen-bond acceptors (Lipinski definition) is 4. The summed E-state index contributed by atoms with van der Waals surface area (Å²) >= 11 is 1.73. The first kappa shape index (κ1) is 10.4. The number of hydrogen-bond donors (Lipinski definition) is 2. The van der Waals surface area contributed by atoms with Crippen LogP contribution < -0.4 is 16.4 Å². The van der Waals surface area contributed by atoms with E-state index in [0.29, 0.717) is 0 Å². The fourth-order valence-corrected chi connectivity index (χ4v) is 3.20. The second-order valence-electron chi connectivity index (χ2n) is 4.12. The van der Waals surface area contributed by atoms with E-state index in [1.165, 1.54) is 15.5 Å². The van der Waals surface area contributed by atoms with Crippen LogP contribution in [0.3, 0.4) is 0 Å². The van der Waals surface area contributed by atoms with E-state index in [4.69, 9.17) is 11.5 Å². The molecule has 2 aromatic carbocycles. The molecule has 0 spiro atoms. The molecule has 17 heavy (non-hydrogen) atoms. The molecular formula is C13H13N3S. The summed E-state index contributed by atoms with van der Waals surface area (Å²) in [6.45, 7) is 0. The SMILES string of the molecule is CN1c2ccc(N)cc2Sc2ccc(N)cc21. The van der Waals surface area contributed by atoms with Crippen molar-refractivity contribution in [3.05, 3.63) is 36.4 Å². The van der Waals surface area contributed by atoms with Crippen molar-refractivity contribution in [1.82, 2.24) is 0 Å². The van der Waals surface area contributed by atoms with Crippen LogP contribution in [0.1, 0.15) is 0 Å². The van der Waals surface area contributed by atoms with E-state index in [2.05, 4.69) is 11.0 Å². The molecule has 3 nitrogen and oxygen atoms in total. The van der Waals surface area contributed by atoms with Gasteiger partial charge in [-0.2, -0.15) is 0 Å². The molecule has 1 aliphatic heterocycles. The van der Waals surface area contributed by atoms with Gasteiger partial charge in [0.1, 0.15) is 0 Å². The first-order chi connectivity index (χ1) is 8.15. The minimum absolute atomic E-state index is 0.787. The predicted molar refractivity (Wildman–Crippen MR) is 73.9 cm³/mol. The third-order valence-corrected chi connectivity index (χ3v) is 4.02. The maximum atomic E-state index is 5.83. The third-order valence-electron chi connectivity index (χ3n) is 2.91. The van der Waals surface area contributed by atoms with E-state index in [-0.39, 0.29) is 0 Å². The quantitative estimate of drug-likeness (QED) is 0.698. The summed E-state index contributed by atoms with van der Waals surface area (Å²) in [6, 6.07) is 12.0. The highest BCUT2D eigenvalue weighted by atomic mass is 32.2. The second-order valence-corrected chi connectivity index (χ2v) is 5.20. The van der Waals surface area contributed by atoms with Crippen molar-refractivity contribution in [2.45, 2.75) is 9.79 Å². The summed E-state index contributed by atoms with van der Waals surface area (Å²) in [5.74, 6) is 0. The Morgan fingerprint density at radius 3 is 2.41 bits per heavy atom. The van der Waals surface area contributed by atoms with Crippen LogP contribution in [0.5, 0.6) is 0 Å². The van der Waals surface area contributed by atoms with Gasteiger partial charge in [0.15, 0.2) is 0 Å². The number of rotatable bonds is 0. The Balaban J connectivity index is 2.17. The molecule has 0 saturated carbocycles. The molecule has 0 saturated heterocycles. The standard InChI is InChI=1S/C13H13N3S/c1-16-10-4-2-9(15)7-13(10)17-12-5-3-8(14)6-11(12)16/h2-7H,14-15H2,1H3. The summed E-state index contributed by atoms with van der Waals surface area (Å²) in [4.78, 5) is 4.54. The van der Waals surface area contributed by atoms with E-state index in [1.807, 2.05) is 37.4 Å². The average molecular weight is 243 g/mol. The molecule has 4 heteroatoms. The molecule has 0 bridgehead atoms. The van der Waals surface area contributed by atoms with Crippen LogP contribution in [0.15, 0.2) is 46.2 Å². The van der Waals surface area contributed by atoms with Gasteiger partial charge in [0.05, 0.1) is 11.4 Å². The van der Waals surface area contributed by atoms with Gasteiger partial charge in [-0.3, -0.25) is 0 Å². The van der Waals surface area contributed by atoms with Crippen molar-refractivity contribution in [3.63, 3.8) is 0 Å². The van der Waals surface area contributed by atoms with Gasteiger partial charge in [0.2, 0.25) is 0 Å². The smallest absolute Gasteiger partial charge is 0.0570 e. The van der Waals surface area contributed by atoms with Crippen LogP contribution in [-0.4, -0.2) is 7.05 Å². The summed E-state index contributed by atoms with van der Waals surface area (Å²) in [6.07, 6.45) is 0. The van der Waals surface area contributed by atoms with Crippen LogP contribution in [0.4, 0.5) is 22.7 Å². The van der Waals surface area contributed by atoms with Gasteiger partial charge in [-0.1, -0.05) is 11.8 Å². The molecule has 4 N–H and O–H groups in total. The Hall–Kier alpha value is -1.81. The Morgan fingerprint density at radius 2 is 1.59 bits per heavy atom. The molecule has 0 aliphatic carbocycles. The van der Waals surface area contributed by atoms with Crippen LogP contribution in [0.25, 0.3) is 0 Å². The predicted octanol–water partition coefficient (Wildman–Crippen LogP) is 3.08. The Labute approximate surface area is 104 Å². The highest BCUT2D eigenvalue weighted by molar-refractivity contribution is 7.99. The van der Waals surface area contributed by atoms with Gasteiger partial charge in [0, 0.05) is 28.2 Å². The molecule has 0 aromatic heterocycles. The summed E-state index contributed by atoms with van der Waals surface area (Å²) in [5, 5.41) is 0. The van der Waals surface area contributed by atoms with Gasteiger partial charge >= 0.3 is 0 Å². The molecule has 0 amide bonds. The van der Waals surface area contributed by atoms with E-state index in [1.54, 1.807) is 11.8 Å². The number of nitrogen functional groups attached to an aromatic ring is 2. The number of nitrogens with zero attached hydrogens (tertiary/aromatic N) is 1. The van der Waals surface area contributed by atoms with Gasteiger partial charge in [-0.05, 0) is 36.4 Å². The fourth-order valence-electron chi connectivity index (χ4n) is 2.02. The minimum Gasteiger partial charge on any atom is -0.399 e. The average Bonchev–Trinajstić information content (AvgIpc) is 2.30. The number of anilines is 4. The van der Waals surface area contributed by atoms with Crippen LogP contribution >= 0.6 is 11.8 Å². The monoisotopic (exact) mass is 243 g/mol. The first-order valence-electron chi connectivity index (χ1n) is 5.36. The lowest BCUT2D eigenvalue weighted by Gasteiger charge is -2.29. The molecule has 0 radical (unpaired) electrons. The zero-order valence-corrected chi connectivity index (χ0v) is 10.3. The molecule has 0 atom stereocenters. The molecule has 3 rings (SSSR count). The zero-order chi connectivity index (χ0) is 12.0. The van der Waals surface area contributed by atoms with Crippen LogP contribution in [0.2, 0.25) is 0 Å². The van der Waals surface area contributed by atoms with Crippen molar-refractivity contribution in [1.29, 1.82) is 0 Å². The molecular weight excluding hydrogens is 230 g/mol. The zero-order valence-electron chi connectivity index (χ0n) is 9.47. The molecule has 2 aromatic rings. The molecule has 1 heterocycles. The largest absolute Gasteiger partial charge is 0.399 e.